The average Bonchev–Trinajstić information content (AvgIpc) is 3.26. The molecule has 0 radical (unpaired) electrons. The van der Waals surface area contributed by atoms with Crippen molar-refractivity contribution in [2.45, 2.75) is 62.5 Å². The number of hydrogen-bond acceptors (Lipinski definition) is 7. The molecule has 40 heavy (non-hydrogen) atoms. The second-order valence-corrected chi connectivity index (χ2v) is 13.0. The second-order valence-electron chi connectivity index (χ2n) is 10.6. The van der Waals surface area contributed by atoms with Crippen molar-refractivity contribution in [2.24, 2.45) is 5.14 Å². The van der Waals surface area contributed by atoms with E-state index in [0.29, 0.717) is 21.3 Å². The molecule has 2 aromatic rings. The fraction of sp³-hybridized carbons (Fsp3) is 0.423. The number of halogens is 2. The Balaban J connectivity index is 1.53. The van der Waals surface area contributed by atoms with Crippen LogP contribution in [0.3, 0.4) is 0 Å². The monoisotopic (exact) mass is 612 g/mol. The number of nitrogens with one attached hydrogen (secondary N) is 1. The summed E-state index contributed by atoms with van der Waals surface area (Å²) in [6.45, 7) is 5.77. The molecule has 0 aliphatic carbocycles. The van der Waals surface area contributed by atoms with Crippen molar-refractivity contribution in [3.8, 4) is 0 Å². The van der Waals surface area contributed by atoms with Crippen LogP contribution in [0.4, 0.5) is 10.5 Å². The molecule has 14 heteroatoms. The summed E-state index contributed by atoms with van der Waals surface area (Å²) >= 11 is 12.4. The molecule has 216 valence electrons. The van der Waals surface area contributed by atoms with Gasteiger partial charge < -0.3 is 24.6 Å². The van der Waals surface area contributed by atoms with Crippen LogP contribution in [0.5, 0.6) is 0 Å². The minimum absolute atomic E-state index is 0.102. The number of benzene rings is 2. The van der Waals surface area contributed by atoms with E-state index in [9.17, 15) is 22.8 Å². The number of carbonyl (C=O) groups excluding carboxylic acids is 3. The van der Waals surface area contributed by atoms with E-state index >= 15 is 0 Å². The van der Waals surface area contributed by atoms with Crippen LogP contribution < -0.4 is 10.5 Å². The van der Waals surface area contributed by atoms with Crippen molar-refractivity contribution in [1.29, 1.82) is 0 Å². The quantitative estimate of drug-likeness (QED) is 0.508. The number of morpholine rings is 1. The zero-order valence-electron chi connectivity index (χ0n) is 22.1. The van der Waals surface area contributed by atoms with Gasteiger partial charge in [-0.25, -0.2) is 18.4 Å². The first kappa shape index (κ1) is 30.1. The van der Waals surface area contributed by atoms with Gasteiger partial charge in [-0.3, -0.25) is 9.59 Å². The number of hydrogen-bond donors (Lipinski definition) is 2. The van der Waals surface area contributed by atoms with Crippen molar-refractivity contribution in [2.75, 3.05) is 18.4 Å². The molecule has 3 unspecified atom stereocenters. The van der Waals surface area contributed by atoms with Crippen molar-refractivity contribution in [3.05, 3.63) is 58.1 Å². The Labute approximate surface area is 242 Å². The zero-order chi connectivity index (χ0) is 29.4. The van der Waals surface area contributed by atoms with E-state index in [1.54, 1.807) is 43.9 Å². The van der Waals surface area contributed by atoms with Crippen LogP contribution in [-0.2, 0) is 35.6 Å². The average molecular weight is 614 g/mol. The Morgan fingerprint density at radius 2 is 1.80 bits per heavy atom. The third kappa shape index (κ3) is 7.24. The number of nitrogens with two attached hydrogens (primary N) is 1. The van der Waals surface area contributed by atoms with Crippen molar-refractivity contribution in [3.63, 3.8) is 0 Å². The van der Waals surface area contributed by atoms with Gasteiger partial charge >= 0.3 is 6.09 Å². The summed E-state index contributed by atoms with van der Waals surface area (Å²) in [6, 6.07) is 9.78. The predicted molar refractivity (Wildman–Crippen MR) is 148 cm³/mol. The van der Waals surface area contributed by atoms with Crippen molar-refractivity contribution < 1.29 is 32.3 Å². The predicted octanol–water partition coefficient (Wildman–Crippen LogP) is 3.38. The van der Waals surface area contributed by atoms with E-state index < -0.39 is 51.8 Å². The fourth-order valence-electron chi connectivity index (χ4n) is 4.56. The maximum absolute atomic E-state index is 13.6. The molecule has 0 aromatic heterocycles. The van der Waals surface area contributed by atoms with Gasteiger partial charge in [-0.15, -0.1) is 0 Å². The standard InChI is InChI=1S/C26H30Cl2N4O7S/c1-26(2,3)39-25(35)31-13-20-22(14-31)38-21(24(34)32(20)12-15-4-5-16(27)10-19(15)28)11-23(33)30-17-6-8-18(9-7-17)40(29,36)37/h4-10,20-22H,11-14H2,1-3H3,(H,30,33)(H2,29,36,37). The van der Waals surface area contributed by atoms with E-state index in [1.165, 1.54) is 29.2 Å². The first-order valence-electron chi connectivity index (χ1n) is 12.4. The van der Waals surface area contributed by atoms with E-state index in [0.717, 1.165) is 0 Å². The van der Waals surface area contributed by atoms with E-state index in [4.69, 9.17) is 37.8 Å². The molecule has 2 aliphatic heterocycles. The number of primary sulfonamides is 1. The summed E-state index contributed by atoms with van der Waals surface area (Å²) in [5, 5.41) is 8.57. The molecule has 2 fully saturated rings. The number of ether oxygens (including phenoxy) is 2. The highest BCUT2D eigenvalue weighted by atomic mass is 35.5. The van der Waals surface area contributed by atoms with Gasteiger partial charge in [-0.2, -0.15) is 0 Å². The maximum atomic E-state index is 13.6. The number of carbonyl (C=O) groups is 3. The van der Waals surface area contributed by atoms with Crippen LogP contribution in [0.25, 0.3) is 0 Å². The van der Waals surface area contributed by atoms with Crippen LogP contribution in [0.15, 0.2) is 47.4 Å². The van der Waals surface area contributed by atoms with Crippen LogP contribution in [0, 0.1) is 0 Å². The van der Waals surface area contributed by atoms with E-state index in [-0.39, 0.29) is 31.0 Å². The molecule has 0 spiro atoms. The zero-order valence-corrected chi connectivity index (χ0v) is 24.4. The molecule has 2 aromatic carbocycles. The summed E-state index contributed by atoms with van der Waals surface area (Å²) in [6.07, 6.45) is -2.53. The van der Waals surface area contributed by atoms with E-state index in [1.807, 2.05) is 0 Å². The van der Waals surface area contributed by atoms with Crippen LogP contribution >= 0.6 is 23.2 Å². The highest BCUT2D eigenvalue weighted by molar-refractivity contribution is 7.89. The largest absolute Gasteiger partial charge is 0.444 e. The summed E-state index contributed by atoms with van der Waals surface area (Å²) in [4.78, 5) is 42.2. The molecule has 0 bridgehead atoms. The molecule has 2 heterocycles. The molecule has 4 rings (SSSR count). The lowest BCUT2D eigenvalue weighted by atomic mass is 10.0. The lowest BCUT2D eigenvalue weighted by Crippen LogP contribution is -2.58. The maximum Gasteiger partial charge on any atom is 0.410 e. The lowest BCUT2D eigenvalue weighted by molar-refractivity contribution is -0.169. The number of nitrogens with zero attached hydrogens (tertiary/aromatic N) is 2. The number of fused-ring (bicyclic) bond motifs is 1. The van der Waals surface area contributed by atoms with Gasteiger partial charge in [0.15, 0.2) is 0 Å². The number of anilines is 1. The van der Waals surface area contributed by atoms with Gasteiger partial charge in [0.2, 0.25) is 15.9 Å². The molecule has 3 N–H and O–H groups in total. The molecule has 3 amide bonds. The Hall–Kier alpha value is -2.90. The number of rotatable bonds is 6. The summed E-state index contributed by atoms with van der Waals surface area (Å²) < 4.78 is 34.5. The normalized spacial score (nSPS) is 21.2. The van der Waals surface area contributed by atoms with Crippen LogP contribution in [-0.4, -0.2) is 73.1 Å². The minimum Gasteiger partial charge on any atom is -0.444 e. The summed E-state index contributed by atoms with van der Waals surface area (Å²) in [5.74, 6) is -0.954. The molecule has 3 atom stereocenters. The third-order valence-electron chi connectivity index (χ3n) is 6.38. The van der Waals surface area contributed by atoms with Gasteiger partial charge in [-0.05, 0) is 62.7 Å². The molecular formula is C26H30Cl2N4O7S. The second kappa shape index (κ2) is 11.5. The summed E-state index contributed by atoms with van der Waals surface area (Å²) in [7, 11) is -3.88. The SMILES string of the molecule is CC(C)(C)OC(=O)N1CC2OC(CC(=O)Nc3ccc(S(N)(=O)=O)cc3)C(=O)N(Cc3ccc(Cl)cc3Cl)C2C1. The first-order chi connectivity index (χ1) is 18.6. The highest BCUT2D eigenvalue weighted by Crippen LogP contribution is 2.32. The van der Waals surface area contributed by atoms with Gasteiger partial charge in [0.05, 0.1) is 30.0 Å². The topological polar surface area (TPSA) is 148 Å². The Bertz CT molecular complexity index is 1410. The first-order valence-corrected chi connectivity index (χ1v) is 14.7. The Morgan fingerprint density at radius 1 is 1.12 bits per heavy atom. The van der Waals surface area contributed by atoms with Gasteiger partial charge in [0, 0.05) is 28.8 Å². The lowest BCUT2D eigenvalue weighted by Gasteiger charge is -2.40. The fourth-order valence-corrected chi connectivity index (χ4v) is 5.54. The van der Waals surface area contributed by atoms with Crippen LogP contribution in [0.1, 0.15) is 32.8 Å². The van der Waals surface area contributed by atoms with Gasteiger partial charge in [0.1, 0.15) is 11.7 Å². The van der Waals surface area contributed by atoms with E-state index in [2.05, 4.69) is 5.32 Å². The minimum atomic E-state index is -3.88. The van der Waals surface area contributed by atoms with Gasteiger partial charge in [0.25, 0.3) is 5.91 Å². The smallest absolute Gasteiger partial charge is 0.410 e. The number of amides is 3. The Kier molecular flexibility index (Phi) is 8.67. The van der Waals surface area contributed by atoms with Crippen molar-refractivity contribution >= 4 is 56.8 Å². The number of sulfonamides is 1. The van der Waals surface area contributed by atoms with Crippen molar-refractivity contribution in [1.82, 2.24) is 9.80 Å². The molecule has 0 saturated carbocycles. The highest BCUT2D eigenvalue weighted by Gasteiger charge is 2.49. The third-order valence-corrected chi connectivity index (χ3v) is 7.90. The van der Waals surface area contributed by atoms with Gasteiger partial charge in [-0.1, -0.05) is 29.3 Å². The molecule has 2 aliphatic rings. The molecule has 2 saturated heterocycles. The van der Waals surface area contributed by atoms with Crippen LogP contribution in [0.2, 0.25) is 10.0 Å². The molecular weight excluding hydrogens is 583 g/mol. The summed E-state index contributed by atoms with van der Waals surface area (Å²) in [5.41, 5.74) is 0.264. The number of likely N-dealkylation sites (tertiary alicyclic amines) is 1. The Morgan fingerprint density at radius 3 is 2.40 bits per heavy atom. The molecule has 11 nitrogen and oxygen atoms in total.